The lowest BCUT2D eigenvalue weighted by Crippen LogP contribution is -2.41. The highest BCUT2D eigenvalue weighted by Gasteiger charge is 2.38. The van der Waals surface area contributed by atoms with Crippen molar-refractivity contribution in [3.05, 3.63) is 0 Å². The first-order valence-corrected chi connectivity index (χ1v) is 5.99. The van der Waals surface area contributed by atoms with Crippen LogP contribution in [0.2, 0.25) is 0 Å². The van der Waals surface area contributed by atoms with Gasteiger partial charge in [-0.3, -0.25) is 9.59 Å². The molecule has 0 aromatic carbocycles. The largest absolute Gasteiger partial charge is 0.481 e. The van der Waals surface area contributed by atoms with Crippen molar-refractivity contribution in [3.8, 4) is 0 Å². The van der Waals surface area contributed by atoms with E-state index in [1.54, 1.807) is 6.92 Å². The van der Waals surface area contributed by atoms with Crippen LogP contribution in [-0.4, -0.2) is 23.5 Å². The summed E-state index contributed by atoms with van der Waals surface area (Å²) < 4.78 is 0. The maximum atomic E-state index is 11.7. The zero-order chi connectivity index (χ0) is 13.9. The fourth-order valence-corrected chi connectivity index (χ4v) is 1.29. The second kappa shape index (κ2) is 5.52. The molecule has 17 heavy (non-hydrogen) atoms. The summed E-state index contributed by atoms with van der Waals surface area (Å²) in [5.74, 6) is -1.20. The molecule has 0 aromatic heterocycles. The van der Waals surface area contributed by atoms with Gasteiger partial charge in [0.25, 0.3) is 0 Å². The van der Waals surface area contributed by atoms with Crippen LogP contribution in [0.1, 0.15) is 48.0 Å². The molecule has 4 heteroatoms. The van der Waals surface area contributed by atoms with Crippen LogP contribution in [0.3, 0.4) is 0 Å². The second-order valence-electron chi connectivity index (χ2n) is 6.39. The van der Waals surface area contributed by atoms with Crippen LogP contribution in [0.4, 0.5) is 0 Å². The smallest absolute Gasteiger partial charge is 0.310 e. The number of aliphatic carboxylic acids is 1. The summed E-state index contributed by atoms with van der Waals surface area (Å²) in [4.78, 5) is 23.0. The average Bonchev–Trinajstić information content (AvgIpc) is 2.12. The van der Waals surface area contributed by atoms with E-state index in [-0.39, 0.29) is 23.7 Å². The van der Waals surface area contributed by atoms with E-state index in [1.165, 1.54) is 0 Å². The number of hydrogen-bond acceptors (Lipinski definition) is 2. The predicted octanol–water partition coefficient (Wildman–Crippen LogP) is 2.29. The number of nitrogens with one attached hydrogen (secondary N) is 1. The van der Waals surface area contributed by atoms with E-state index in [9.17, 15) is 14.7 Å². The number of carbonyl (C=O) groups excluding carboxylic acids is 1. The molecule has 4 nitrogen and oxygen atoms in total. The molecule has 0 aliphatic carbocycles. The molecule has 0 rings (SSSR count). The van der Waals surface area contributed by atoms with Gasteiger partial charge in [-0.2, -0.15) is 0 Å². The van der Waals surface area contributed by atoms with Gasteiger partial charge in [0, 0.05) is 13.0 Å². The minimum absolute atomic E-state index is 0.00706. The quantitative estimate of drug-likeness (QED) is 0.778. The zero-order valence-corrected chi connectivity index (χ0v) is 11.8. The Morgan fingerprint density at radius 3 is 1.94 bits per heavy atom. The van der Waals surface area contributed by atoms with Crippen molar-refractivity contribution in [2.75, 3.05) is 6.54 Å². The molecule has 0 spiro atoms. The van der Waals surface area contributed by atoms with E-state index in [2.05, 4.69) is 5.32 Å². The number of hydrogen-bond donors (Lipinski definition) is 2. The van der Waals surface area contributed by atoms with Crippen molar-refractivity contribution in [1.29, 1.82) is 0 Å². The van der Waals surface area contributed by atoms with Crippen LogP contribution >= 0.6 is 0 Å². The van der Waals surface area contributed by atoms with Crippen molar-refractivity contribution < 1.29 is 14.7 Å². The maximum absolute atomic E-state index is 11.7. The van der Waals surface area contributed by atoms with E-state index in [0.29, 0.717) is 6.54 Å². The Morgan fingerprint density at radius 2 is 1.65 bits per heavy atom. The predicted molar refractivity (Wildman–Crippen MR) is 67.7 cm³/mol. The van der Waals surface area contributed by atoms with Crippen LogP contribution in [0, 0.1) is 16.7 Å². The third kappa shape index (κ3) is 5.20. The lowest BCUT2D eigenvalue weighted by Gasteiger charge is -2.29. The molecule has 0 heterocycles. The highest BCUT2D eigenvalue weighted by molar-refractivity contribution is 5.84. The molecule has 1 unspecified atom stereocenters. The van der Waals surface area contributed by atoms with Crippen molar-refractivity contribution in [1.82, 2.24) is 5.32 Å². The molecule has 0 saturated carbocycles. The number of carboxylic acids is 1. The molecular formula is C13H25NO3. The Hall–Kier alpha value is -1.06. The van der Waals surface area contributed by atoms with Gasteiger partial charge < -0.3 is 10.4 Å². The first-order chi connectivity index (χ1) is 7.49. The van der Waals surface area contributed by atoms with E-state index in [0.717, 1.165) is 0 Å². The fourth-order valence-electron chi connectivity index (χ4n) is 1.29. The zero-order valence-electron chi connectivity index (χ0n) is 11.8. The molecule has 100 valence electrons. The van der Waals surface area contributed by atoms with Crippen LogP contribution in [0.25, 0.3) is 0 Å². The van der Waals surface area contributed by atoms with E-state index in [1.807, 2.05) is 34.6 Å². The standard InChI is InChI=1S/C13H25NO3/c1-9(2)13(6,11(16)17)7-10(15)14-8-12(3,4)5/h9H,7-8H2,1-6H3,(H,14,15)(H,16,17). The molecule has 0 radical (unpaired) electrons. The summed E-state index contributed by atoms with van der Waals surface area (Å²) in [5.41, 5.74) is -0.991. The van der Waals surface area contributed by atoms with Crippen LogP contribution < -0.4 is 5.32 Å². The Bertz CT molecular complexity index is 292. The molecule has 0 aliphatic rings. The summed E-state index contributed by atoms with van der Waals surface area (Å²) >= 11 is 0. The number of carboxylic acid groups (broad SMARTS) is 1. The first-order valence-electron chi connectivity index (χ1n) is 5.99. The molecule has 0 aliphatic heterocycles. The number of amides is 1. The molecule has 0 aromatic rings. The van der Waals surface area contributed by atoms with Crippen molar-refractivity contribution >= 4 is 11.9 Å². The number of carbonyl (C=O) groups is 2. The molecule has 0 bridgehead atoms. The SMILES string of the molecule is CC(C)C(C)(CC(=O)NCC(C)(C)C)C(=O)O. The topological polar surface area (TPSA) is 66.4 Å². The summed E-state index contributed by atoms with van der Waals surface area (Å²) in [7, 11) is 0. The van der Waals surface area contributed by atoms with E-state index >= 15 is 0 Å². The van der Waals surface area contributed by atoms with Crippen LogP contribution in [0.5, 0.6) is 0 Å². The maximum Gasteiger partial charge on any atom is 0.310 e. The van der Waals surface area contributed by atoms with Gasteiger partial charge in [0.2, 0.25) is 5.91 Å². The minimum Gasteiger partial charge on any atom is -0.481 e. The molecule has 0 saturated heterocycles. The highest BCUT2D eigenvalue weighted by Crippen LogP contribution is 2.31. The van der Waals surface area contributed by atoms with Gasteiger partial charge in [-0.25, -0.2) is 0 Å². The van der Waals surface area contributed by atoms with Crippen LogP contribution in [0.15, 0.2) is 0 Å². The minimum atomic E-state index is -0.998. The molecule has 1 amide bonds. The van der Waals surface area contributed by atoms with Gasteiger partial charge in [-0.05, 0) is 18.3 Å². The third-order valence-corrected chi connectivity index (χ3v) is 3.11. The molecule has 0 fully saturated rings. The summed E-state index contributed by atoms with van der Waals surface area (Å²) in [6.07, 6.45) is 0.0239. The Morgan fingerprint density at radius 1 is 1.18 bits per heavy atom. The van der Waals surface area contributed by atoms with Crippen molar-refractivity contribution in [2.24, 2.45) is 16.7 Å². The lowest BCUT2D eigenvalue weighted by molar-refractivity contribution is -0.153. The van der Waals surface area contributed by atoms with E-state index < -0.39 is 11.4 Å². The number of rotatable bonds is 5. The molecule has 1 atom stereocenters. The Labute approximate surface area is 104 Å². The first kappa shape index (κ1) is 15.9. The van der Waals surface area contributed by atoms with Gasteiger partial charge >= 0.3 is 5.97 Å². The molecule has 2 N–H and O–H groups in total. The monoisotopic (exact) mass is 243 g/mol. The summed E-state index contributed by atoms with van der Waals surface area (Å²) in [6, 6.07) is 0. The van der Waals surface area contributed by atoms with Gasteiger partial charge in [0.05, 0.1) is 5.41 Å². The van der Waals surface area contributed by atoms with Crippen molar-refractivity contribution in [2.45, 2.75) is 48.0 Å². The lowest BCUT2D eigenvalue weighted by atomic mass is 9.76. The fraction of sp³-hybridized carbons (Fsp3) is 0.846. The molecular weight excluding hydrogens is 218 g/mol. The Kier molecular flexibility index (Phi) is 5.17. The Balaban J connectivity index is 4.49. The highest BCUT2D eigenvalue weighted by atomic mass is 16.4. The van der Waals surface area contributed by atoms with Gasteiger partial charge in [0.1, 0.15) is 0 Å². The average molecular weight is 243 g/mol. The summed E-state index contributed by atoms with van der Waals surface area (Å²) in [6.45, 7) is 11.9. The van der Waals surface area contributed by atoms with E-state index in [4.69, 9.17) is 0 Å². The third-order valence-electron chi connectivity index (χ3n) is 3.11. The normalized spacial score (nSPS) is 15.5. The summed E-state index contributed by atoms with van der Waals surface area (Å²) in [5, 5.41) is 12.0. The van der Waals surface area contributed by atoms with Gasteiger partial charge in [-0.1, -0.05) is 34.6 Å². The van der Waals surface area contributed by atoms with Gasteiger partial charge in [0.15, 0.2) is 0 Å². The van der Waals surface area contributed by atoms with Gasteiger partial charge in [-0.15, -0.1) is 0 Å². The van der Waals surface area contributed by atoms with Crippen LogP contribution in [-0.2, 0) is 9.59 Å². The van der Waals surface area contributed by atoms with Crippen molar-refractivity contribution in [3.63, 3.8) is 0 Å². The second-order valence-corrected chi connectivity index (χ2v) is 6.39.